The Morgan fingerprint density at radius 3 is 2.30 bits per heavy atom. The number of carbonyl (C=O) groups is 2. The smallest absolute Gasteiger partial charge is 0.333 e. The molecule has 0 bridgehead atoms. The number of nitrogens with one attached hydrogen (secondary N) is 1. The van der Waals surface area contributed by atoms with Gasteiger partial charge >= 0.3 is 11.9 Å². The Bertz CT molecular complexity index is 458. The van der Waals surface area contributed by atoms with Gasteiger partial charge < -0.3 is 14.9 Å². The number of hydrogen-bond acceptors (Lipinski definition) is 6. The van der Waals surface area contributed by atoms with Crippen molar-refractivity contribution in [3.63, 3.8) is 0 Å². The van der Waals surface area contributed by atoms with E-state index >= 15 is 0 Å². The van der Waals surface area contributed by atoms with Crippen LogP contribution < -0.4 is 5.48 Å². The number of rotatable bonds is 7. The van der Waals surface area contributed by atoms with Crippen LogP contribution in [-0.4, -0.2) is 42.5 Å². The standard InChI is InChI=1S/C13H17NO6/c1-19-13(18)10(11(15)12(16)17)7-8-3-5-9(6-4-8)14-20-2/h3-6,10-11,14-15H,7H2,1-2H3,(H,16,17)/t10-,11?/m1/s1. The van der Waals surface area contributed by atoms with Gasteiger partial charge in [0, 0.05) is 0 Å². The van der Waals surface area contributed by atoms with Crippen molar-refractivity contribution in [1.29, 1.82) is 0 Å². The molecular formula is C13H17NO6. The second-order valence-corrected chi connectivity index (χ2v) is 4.12. The molecule has 1 aromatic rings. The van der Waals surface area contributed by atoms with Gasteiger partial charge in [-0.25, -0.2) is 4.79 Å². The average molecular weight is 283 g/mol. The lowest BCUT2D eigenvalue weighted by Gasteiger charge is -2.17. The molecule has 0 saturated heterocycles. The van der Waals surface area contributed by atoms with Crippen molar-refractivity contribution < 1.29 is 29.4 Å². The number of carboxylic acid groups (broad SMARTS) is 1. The van der Waals surface area contributed by atoms with Crippen molar-refractivity contribution in [2.24, 2.45) is 5.92 Å². The van der Waals surface area contributed by atoms with Gasteiger partial charge in [-0.05, 0) is 24.1 Å². The Hall–Kier alpha value is -2.12. The maximum atomic E-state index is 11.6. The molecule has 0 saturated carbocycles. The predicted molar refractivity (Wildman–Crippen MR) is 69.9 cm³/mol. The van der Waals surface area contributed by atoms with Gasteiger partial charge in [-0.3, -0.25) is 15.1 Å². The molecule has 0 amide bonds. The molecule has 0 heterocycles. The quantitative estimate of drug-likeness (QED) is 0.492. The van der Waals surface area contributed by atoms with E-state index in [1.165, 1.54) is 7.11 Å². The summed E-state index contributed by atoms with van der Waals surface area (Å²) in [7, 11) is 2.62. The van der Waals surface area contributed by atoms with E-state index in [0.29, 0.717) is 11.3 Å². The van der Waals surface area contributed by atoms with Crippen LogP contribution >= 0.6 is 0 Å². The molecule has 7 nitrogen and oxygen atoms in total. The molecule has 110 valence electrons. The third-order valence-corrected chi connectivity index (χ3v) is 2.77. The molecule has 0 radical (unpaired) electrons. The molecule has 0 aliphatic rings. The summed E-state index contributed by atoms with van der Waals surface area (Å²) in [6.45, 7) is 0. The van der Waals surface area contributed by atoms with Crippen molar-refractivity contribution in [2.45, 2.75) is 12.5 Å². The summed E-state index contributed by atoms with van der Waals surface area (Å²) in [6, 6.07) is 6.82. The molecule has 0 aromatic heterocycles. The van der Waals surface area contributed by atoms with Crippen LogP contribution in [0.4, 0.5) is 5.69 Å². The van der Waals surface area contributed by atoms with Crippen LogP contribution in [0.5, 0.6) is 0 Å². The second kappa shape index (κ2) is 7.46. The largest absolute Gasteiger partial charge is 0.479 e. The summed E-state index contributed by atoms with van der Waals surface area (Å²) in [4.78, 5) is 27.1. The van der Waals surface area contributed by atoms with Crippen LogP contribution in [0.25, 0.3) is 0 Å². The number of hydrogen-bond donors (Lipinski definition) is 3. The number of aliphatic carboxylic acids is 1. The van der Waals surface area contributed by atoms with Gasteiger partial charge in [0.2, 0.25) is 0 Å². The topological polar surface area (TPSA) is 105 Å². The predicted octanol–water partition coefficient (Wildman–Crippen LogP) is 0.437. The third kappa shape index (κ3) is 4.22. The fourth-order valence-corrected chi connectivity index (χ4v) is 1.73. The Morgan fingerprint density at radius 2 is 1.85 bits per heavy atom. The molecule has 7 heteroatoms. The summed E-state index contributed by atoms with van der Waals surface area (Å²) >= 11 is 0. The maximum Gasteiger partial charge on any atom is 0.333 e. The average Bonchev–Trinajstić information content (AvgIpc) is 2.45. The molecule has 0 aliphatic heterocycles. The first kappa shape index (κ1) is 15.9. The van der Waals surface area contributed by atoms with Gasteiger partial charge in [0.1, 0.15) is 0 Å². The van der Waals surface area contributed by atoms with E-state index < -0.39 is 24.0 Å². The monoisotopic (exact) mass is 283 g/mol. The zero-order valence-electron chi connectivity index (χ0n) is 11.2. The summed E-state index contributed by atoms with van der Waals surface area (Å²) in [5.74, 6) is -3.38. The van der Waals surface area contributed by atoms with E-state index in [9.17, 15) is 14.7 Å². The number of carbonyl (C=O) groups excluding carboxylic acids is 1. The number of carboxylic acids is 1. The first-order valence-electron chi connectivity index (χ1n) is 5.86. The Kier molecular flexibility index (Phi) is 5.95. The van der Waals surface area contributed by atoms with E-state index in [-0.39, 0.29) is 6.42 Å². The van der Waals surface area contributed by atoms with E-state index in [1.807, 2.05) is 0 Å². The number of anilines is 1. The van der Waals surface area contributed by atoms with Gasteiger partial charge in [0.25, 0.3) is 0 Å². The minimum Gasteiger partial charge on any atom is -0.479 e. The highest BCUT2D eigenvalue weighted by Crippen LogP contribution is 2.17. The van der Waals surface area contributed by atoms with Crippen LogP contribution in [0.15, 0.2) is 24.3 Å². The van der Waals surface area contributed by atoms with Crippen molar-refractivity contribution >= 4 is 17.6 Å². The van der Waals surface area contributed by atoms with Crippen molar-refractivity contribution in [3.05, 3.63) is 29.8 Å². The lowest BCUT2D eigenvalue weighted by atomic mass is 9.94. The zero-order chi connectivity index (χ0) is 15.1. The highest BCUT2D eigenvalue weighted by atomic mass is 16.6. The van der Waals surface area contributed by atoms with Gasteiger partial charge in [-0.1, -0.05) is 12.1 Å². The number of aliphatic hydroxyl groups excluding tert-OH is 1. The van der Waals surface area contributed by atoms with Crippen molar-refractivity contribution in [3.8, 4) is 0 Å². The molecule has 0 aliphatic carbocycles. The number of methoxy groups -OCH3 is 1. The second-order valence-electron chi connectivity index (χ2n) is 4.12. The maximum absolute atomic E-state index is 11.6. The van der Waals surface area contributed by atoms with Gasteiger partial charge in [0.15, 0.2) is 6.10 Å². The van der Waals surface area contributed by atoms with Crippen LogP contribution in [0.3, 0.4) is 0 Å². The lowest BCUT2D eigenvalue weighted by Crippen LogP contribution is -2.36. The lowest BCUT2D eigenvalue weighted by molar-refractivity contribution is -0.161. The number of esters is 1. The third-order valence-electron chi connectivity index (χ3n) is 2.77. The molecular weight excluding hydrogens is 266 g/mol. The van der Waals surface area contributed by atoms with Gasteiger partial charge in [-0.2, -0.15) is 0 Å². The van der Waals surface area contributed by atoms with E-state index in [1.54, 1.807) is 24.3 Å². The van der Waals surface area contributed by atoms with Crippen molar-refractivity contribution in [2.75, 3.05) is 19.7 Å². The molecule has 20 heavy (non-hydrogen) atoms. The van der Waals surface area contributed by atoms with Crippen LogP contribution in [0.1, 0.15) is 5.56 Å². The minimum absolute atomic E-state index is 0.0629. The molecule has 0 fully saturated rings. The normalized spacial score (nSPS) is 13.3. The summed E-state index contributed by atoms with van der Waals surface area (Å²) in [6.07, 6.45) is -1.74. The van der Waals surface area contributed by atoms with E-state index in [2.05, 4.69) is 10.2 Å². The summed E-state index contributed by atoms with van der Waals surface area (Å²) in [5, 5.41) is 18.4. The van der Waals surface area contributed by atoms with Crippen LogP contribution in [0, 0.1) is 5.92 Å². The summed E-state index contributed by atoms with van der Waals surface area (Å²) in [5.41, 5.74) is 4.04. The molecule has 2 atom stereocenters. The molecule has 1 rings (SSSR count). The zero-order valence-corrected chi connectivity index (χ0v) is 11.2. The summed E-state index contributed by atoms with van der Waals surface area (Å²) < 4.78 is 4.52. The van der Waals surface area contributed by atoms with E-state index in [4.69, 9.17) is 9.94 Å². The molecule has 0 spiro atoms. The number of benzene rings is 1. The highest BCUT2D eigenvalue weighted by Gasteiger charge is 2.33. The molecule has 3 N–H and O–H groups in total. The first-order valence-corrected chi connectivity index (χ1v) is 5.86. The fourth-order valence-electron chi connectivity index (χ4n) is 1.73. The SMILES string of the molecule is CONc1ccc(C[C@@H](C(=O)OC)C(O)C(=O)O)cc1. The van der Waals surface area contributed by atoms with E-state index in [0.717, 1.165) is 7.11 Å². The molecule has 1 aromatic carbocycles. The van der Waals surface area contributed by atoms with Crippen molar-refractivity contribution in [1.82, 2.24) is 0 Å². The number of ether oxygens (including phenoxy) is 1. The van der Waals surface area contributed by atoms with Gasteiger partial charge in [0.05, 0.1) is 25.8 Å². The fraction of sp³-hybridized carbons (Fsp3) is 0.385. The highest BCUT2D eigenvalue weighted by molar-refractivity contribution is 5.82. The first-order chi connectivity index (χ1) is 9.49. The number of aliphatic hydroxyl groups is 1. The Morgan fingerprint density at radius 1 is 1.25 bits per heavy atom. The molecule has 1 unspecified atom stereocenters. The van der Waals surface area contributed by atoms with Crippen LogP contribution in [-0.2, 0) is 25.6 Å². The Balaban J connectivity index is 2.83. The minimum atomic E-state index is -1.81. The Labute approximate surface area is 116 Å². The van der Waals surface area contributed by atoms with Crippen LogP contribution in [0.2, 0.25) is 0 Å². The van der Waals surface area contributed by atoms with Gasteiger partial charge in [-0.15, -0.1) is 0 Å².